The summed E-state index contributed by atoms with van der Waals surface area (Å²) < 4.78 is 31.1. The quantitative estimate of drug-likeness (QED) is 0.0622. The number of likely N-dealkylation sites (tertiary alicyclic amines) is 1. The monoisotopic (exact) mass is 794 g/mol. The molecule has 1 saturated heterocycles. The van der Waals surface area contributed by atoms with Crippen molar-refractivity contribution in [3.63, 3.8) is 0 Å². The van der Waals surface area contributed by atoms with E-state index < -0.39 is 0 Å². The van der Waals surface area contributed by atoms with Crippen LogP contribution in [0.4, 0.5) is 15.9 Å². The number of nitrogens with zero attached hydrogens (tertiary/aromatic N) is 4. The first kappa shape index (κ1) is 40.9. The molecule has 6 rings (SSSR count). The van der Waals surface area contributed by atoms with E-state index >= 15 is 0 Å². The Morgan fingerprint density at radius 2 is 1.82 bits per heavy atom. The van der Waals surface area contributed by atoms with Crippen molar-refractivity contribution in [2.75, 3.05) is 38.7 Å². The smallest absolute Gasteiger partial charge is 0.243 e. The molecule has 298 valence electrons. The number of fused-ring (bicyclic) bond motifs is 1. The van der Waals surface area contributed by atoms with Crippen LogP contribution in [0.1, 0.15) is 62.5 Å². The van der Waals surface area contributed by atoms with Crippen LogP contribution in [-0.2, 0) is 16.2 Å². The Kier molecular flexibility index (Phi) is 15.0. The Morgan fingerprint density at radius 1 is 0.947 bits per heavy atom. The highest BCUT2D eigenvalue weighted by molar-refractivity contribution is 6.32. The molecule has 0 aliphatic carbocycles. The first-order chi connectivity index (χ1) is 27.8. The zero-order chi connectivity index (χ0) is 39.8. The highest BCUT2D eigenvalue weighted by Gasteiger charge is 2.22. The summed E-state index contributed by atoms with van der Waals surface area (Å²) in [5, 5.41) is 7.38. The van der Waals surface area contributed by atoms with Crippen LogP contribution >= 0.6 is 11.6 Å². The third kappa shape index (κ3) is 12.4. The molecule has 13 heteroatoms. The zero-order valence-electron chi connectivity index (χ0n) is 32.1. The standard InChI is InChI=1S/C44H48ClFN6O5/c1-55-40-27-38-36(44(50-30-49-38)51-35-14-15-39(37(45)25-35)57-29-33-9-6-11-34(46)24-33)26-41(40)56-23-5-3-12-43(54)52-21-17-31(18-22-52)8-2-4-20-48-42(53)16-13-32-10-7-19-47-28-32/h6-7,9-11,13-16,19,24-28,30-31H,2-5,8,12,17-18,20-23,29H2,1H3,(H,48,53)(H,49,50,51)/b16-13+. The van der Waals surface area contributed by atoms with Crippen LogP contribution in [0.5, 0.6) is 17.2 Å². The summed E-state index contributed by atoms with van der Waals surface area (Å²) in [4.78, 5) is 40.0. The summed E-state index contributed by atoms with van der Waals surface area (Å²) in [6.45, 7) is 2.84. The Labute approximate surface area is 337 Å². The van der Waals surface area contributed by atoms with Gasteiger partial charge in [0.1, 0.15) is 30.3 Å². The van der Waals surface area contributed by atoms with Crippen molar-refractivity contribution in [1.82, 2.24) is 25.2 Å². The molecule has 0 saturated carbocycles. The largest absolute Gasteiger partial charge is 0.493 e. The van der Waals surface area contributed by atoms with Crippen LogP contribution < -0.4 is 24.8 Å². The Balaban J connectivity index is 0.901. The summed E-state index contributed by atoms with van der Waals surface area (Å²) in [6.07, 6.45) is 15.2. The molecule has 2 aromatic heterocycles. The number of hydrogen-bond donors (Lipinski definition) is 2. The minimum atomic E-state index is -0.323. The molecular weight excluding hydrogens is 747 g/mol. The fourth-order valence-corrected chi connectivity index (χ4v) is 6.96. The van der Waals surface area contributed by atoms with E-state index in [-0.39, 0.29) is 24.2 Å². The number of piperidine rings is 1. The molecule has 0 spiro atoms. The van der Waals surface area contributed by atoms with Crippen LogP contribution in [0, 0.1) is 11.7 Å². The number of carbonyl (C=O) groups is 2. The summed E-state index contributed by atoms with van der Waals surface area (Å²) >= 11 is 6.54. The molecule has 1 aliphatic rings. The van der Waals surface area contributed by atoms with Crippen LogP contribution in [0.3, 0.4) is 0 Å². The average Bonchev–Trinajstić information content (AvgIpc) is 3.23. The highest BCUT2D eigenvalue weighted by Crippen LogP contribution is 2.36. The van der Waals surface area contributed by atoms with Gasteiger partial charge in [-0.05, 0) is 97.7 Å². The first-order valence-electron chi connectivity index (χ1n) is 19.4. The van der Waals surface area contributed by atoms with Gasteiger partial charge in [-0.15, -0.1) is 0 Å². The van der Waals surface area contributed by atoms with Crippen molar-refractivity contribution in [3.05, 3.63) is 113 Å². The number of amides is 2. The molecule has 11 nitrogen and oxygen atoms in total. The van der Waals surface area contributed by atoms with Gasteiger partial charge in [-0.2, -0.15) is 0 Å². The second kappa shape index (κ2) is 21.0. The number of hydrogen-bond acceptors (Lipinski definition) is 9. The van der Waals surface area contributed by atoms with Gasteiger partial charge in [-0.25, -0.2) is 14.4 Å². The van der Waals surface area contributed by atoms with Gasteiger partial charge in [0, 0.05) is 61.7 Å². The highest BCUT2D eigenvalue weighted by atomic mass is 35.5. The van der Waals surface area contributed by atoms with E-state index in [2.05, 4.69) is 25.6 Å². The van der Waals surface area contributed by atoms with Gasteiger partial charge < -0.3 is 29.7 Å². The number of anilines is 2. The van der Waals surface area contributed by atoms with Gasteiger partial charge >= 0.3 is 0 Å². The second-order valence-corrected chi connectivity index (χ2v) is 14.4. The molecule has 1 aliphatic heterocycles. The van der Waals surface area contributed by atoms with Crippen molar-refractivity contribution in [3.8, 4) is 17.2 Å². The van der Waals surface area contributed by atoms with Crippen molar-refractivity contribution in [1.29, 1.82) is 0 Å². The molecular formula is C44H48ClFN6O5. The number of pyridine rings is 1. The minimum Gasteiger partial charge on any atom is -0.493 e. The normalized spacial score (nSPS) is 13.1. The predicted molar refractivity (Wildman–Crippen MR) is 220 cm³/mol. The molecule has 0 bridgehead atoms. The maximum absolute atomic E-state index is 13.5. The average molecular weight is 795 g/mol. The van der Waals surface area contributed by atoms with Crippen LogP contribution in [-0.4, -0.2) is 65.0 Å². The van der Waals surface area contributed by atoms with E-state index in [4.69, 9.17) is 25.8 Å². The van der Waals surface area contributed by atoms with Crippen molar-refractivity contribution in [2.24, 2.45) is 5.92 Å². The fraction of sp³-hybridized carbons (Fsp3) is 0.341. The summed E-state index contributed by atoms with van der Waals surface area (Å²) in [5.41, 5.74) is 2.95. The number of ether oxygens (including phenoxy) is 3. The summed E-state index contributed by atoms with van der Waals surface area (Å²) in [6, 6.07) is 18.9. The maximum atomic E-state index is 13.5. The summed E-state index contributed by atoms with van der Waals surface area (Å²) in [5.74, 6) is 2.51. The van der Waals surface area contributed by atoms with Crippen molar-refractivity contribution < 1.29 is 28.2 Å². The van der Waals surface area contributed by atoms with Crippen LogP contribution in [0.2, 0.25) is 5.02 Å². The number of benzene rings is 3. The maximum Gasteiger partial charge on any atom is 0.243 e. The van der Waals surface area contributed by atoms with Gasteiger partial charge in [0.2, 0.25) is 11.8 Å². The molecule has 0 radical (unpaired) electrons. The van der Waals surface area contributed by atoms with Gasteiger partial charge in [0.15, 0.2) is 11.5 Å². The van der Waals surface area contributed by atoms with Crippen molar-refractivity contribution >= 4 is 51.9 Å². The van der Waals surface area contributed by atoms with Crippen LogP contribution in [0.15, 0.2) is 91.5 Å². The van der Waals surface area contributed by atoms with Gasteiger partial charge in [-0.1, -0.05) is 42.6 Å². The lowest BCUT2D eigenvalue weighted by atomic mass is 9.91. The molecule has 3 aromatic carbocycles. The molecule has 5 aromatic rings. The van der Waals surface area contributed by atoms with E-state index in [0.717, 1.165) is 62.6 Å². The number of rotatable bonds is 19. The SMILES string of the molecule is COc1cc2ncnc(Nc3ccc(OCc4cccc(F)c4)c(Cl)c3)c2cc1OCCCCC(=O)N1CCC(CCCCNC(=O)/C=C/c2cccnc2)CC1. The van der Waals surface area contributed by atoms with Gasteiger partial charge in [0.05, 0.1) is 24.3 Å². The first-order valence-corrected chi connectivity index (χ1v) is 19.8. The molecule has 1 fully saturated rings. The predicted octanol–water partition coefficient (Wildman–Crippen LogP) is 8.94. The minimum absolute atomic E-state index is 0.0954. The molecule has 0 unspecified atom stereocenters. The molecule has 3 heterocycles. The third-order valence-corrected chi connectivity index (χ3v) is 10.2. The van der Waals surface area contributed by atoms with E-state index in [1.165, 1.54) is 18.5 Å². The van der Waals surface area contributed by atoms with E-state index in [1.807, 2.05) is 35.2 Å². The Bertz CT molecular complexity index is 2130. The Morgan fingerprint density at radius 3 is 2.61 bits per heavy atom. The number of unbranched alkanes of at least 4 members (excludes halogenated alkanes) is 2. The molecule has 57 heavy (non-hydrogen) atoms. The lowest BCUT2D eigenvalue weighted by Crippen LogP contribution is -2.38. The molecule has 2 amide bonds. The van der Waals surface area contributed by atoms with Gasteiger partial charge in [-0.3, -0.25) is 14.6 Å². The molecule has 2 N–H and O–H groups in total. The summed E-state index contributed by atoms with van der Waals surface area (Å²) in [7, 11) is 1.58. The lowest BCUT2D eigenvalue weighted by molar-refractivity contribution is -0.132. The van der Waals surface area contributed by atoms with Crippen LogP contribution in [0.25, 0.3) is 17.0 Å². The fourth-order valence-electron chi connectivity index (χ4n) is 6.72. The third-order valence-electron chi connectivity index (χ3n) is 9.86. The van der Waals surface area contributed by atoms with Crippen molar-refractivity contribution in [2.45, 2.75) is 58.0 Å². The lowest BCUT2D eigenvalue weighted by Gasteiger charge is -2.32. The van der Waals surface area contributed by atoms with Gasteiger partial charge in [0.25, 0.3) is 0 Å². The second-order valence-electron chi connectivity index (χ2n) is 14.0. The number of methoxy groups -OCH3 is 1. The Hall–Kier alpha value is -5.75. The van der Waals surface area contributed by atoms with E-state index in [1.54, 1.807) is 55.9 Å². The topological polar surface area (TPSA) is 128 Å². The van der Waals surface area contributed by atoms with E-state index in [0.29, 0.717) is 76.8 Å². The number of carbonyl (C=O) groups excluding carboxylic acids is 2. The zero-order valence-corrected chi connectivity index (χ0v) is 32.8. The van der Waals surface area contributed by atoms with E-state index in [9.17, 15) is 14.0 Å². The number of nitrogens with one attached hydrogen (secondary N) is 2. The number of halogens is 2. The molecule has 0 atom stereocenters. The number of aromatic nitrogens is 3.